The lowest BCUT2D eigenvalue weighted by molar-refractivity contribution is 0.792. The normalized spacial score (nSPS) is 11.4. The van der Waals surface area contributed by atoms with Crippen LogP contribution in [0, 0.1) is 0 Å². The molecule has 3 rings (SSSR count). The number of nitrogens with zero attached hydrogens (tertiary/aromatic N) is 4. The molecule has 1 aromatic heterocycles. The van der Waals surface area contributed by atoms with E-state index in [1.807, 2.05) is 30.3 Å². The summed E-state index contributed by atoms with van der Waals surface area (Å²) in [6.07, 6.45) is 1.14. The molecule has 0 amide bonds. The second-order valence-corrected chi connectivity index (χ2v) is 6.31. The van der Waals surface area contributed by atoms with Crippen LogP contribution < -0.4 is 10.6 Å². The number of fused-ring (bicyclic) bond motifs is 1. The van der Waals surface area contributed by atoms with E-state index in [1.165, 1.54) is 17.2 Å². The Balaban J connectivity index is 1.80. The molecule has 0 aliphatic carbocycles. The Bertz CT molecular complexity index is 838. The third-order valence-electron chi connectivity index (χ3n) is 3.83. The average molecular weight is 339 g/mol. The monoisotopic (exact) mass is 339 g/mol. The Kier molecular flexibility index (Phi) is 5.05. The van der Waals surface area contributed by atoms with Crippen molar-refractivity contribution in [1.82, 2.24) is 4.37 Å². The average Bonchev–Trinajstić information content (AvgIpc) is 3.00. The van der Waals surface area contributed by atoms with Gasteiger partial charge in [0.15, 0.2) is 5.00 Å². The van der Waals surface area contributed by atoms with E-state index in [0.717, 1.165) is 41.1 Å². The molecule has 2 aromatic carbocycles. The van der Waals surface area contributed by atoms with E-state index in [1.54, 1.807) is 0 Å². The van der Waals surface area contributed by atoms with Crippen molar-refractivity contribution in [2.24, 2.45) is 10.2 Å². The molecule has 24 heavy (non-hydrogen) atoms. The van der Waals surface area contributed by atoms with Crippen LogP contribution in [0.3, 0.4) is 0 Å². The van der Waals surface area contributed by atoms with Crippen LogP contribution in [0.25, 0.3) is 10.9 Å². The van der Waals surface area contributed by atoms with Gasteiger partial charge in [-0.2, -0.15) is 4.37 Å². The predicted molar refractivity (Wildman–Crippen MR) is 103 cm³/mol. The highest BCUT2D eigenvalue weighted by molar-refractivity contribution is 7.11. The molecule has 0 aliphatic heterocycles. The van der Waals surface area contributed by atoms with Crippen molar-refractivity contribution in [2.75, 3.05) is 23.7 Å². The number of hydrogen-bond donors (Lipinski definition) is 1. The van der Waals surface area contributed by atoms with Gasteiger partial charge in [0.1, 0.15) is 0 Å². The first-order valence-corrected chi connectivity index (χ1v) is 8.90. The first-order chi connectivity index (χ1) is 11.7. The van der Waals surface area contributed by atoms with Gasteiger partial charge in [-0.15, -0.1) is 10.2 Å². The van der Waals surface area contributed by atoms with Crippen molar-refractivity contribution in [2.45, 2.75) is 20.3 Å². The van der Waals surface area contributed by atoms with Crippen LogP contribution >= 0.6 is 11.5 Å². The van der Waals surface area contributed by atoms with E-state index >= 15 is 0 Å². The van der Waals surface area contributed by atoms with Gasteiger partial charge < -0.3 is 10.6 Å². The molecule has 0 aliphatic rings. The van der Waals surface area contributed by atoms with E-state index in [-0.39, 0.29) is 0 Å². The maximum Gasteiger partial charge on any atom is 0.166 e. The van der Waals surface area contributed by atoms with Gasteiger partial charge in [-0.25, -0.2) is 0 Å². The lowest BCUT2D eigenvalue weighted by atomic mass is 10.2. The van der Waals surface area contributed by atoms with Gasteiger partial charge in [-0.05, 0) is 67.3 Å². The Morgan fingerprint density at radius 2 is 1.88 bits per heavy atom. The summed E-state index contributed by atoms with van der Waals surface area (Å²) < 4.78 is 4.37. The number of nitrogen functional groups attached to an aromatic ring is 1. The molecule has 124 valence electrons. The highest BCUT2D eigenvalue weighted by Crippen LogP contribution is 2.33. The molecule has 0 fully saturated rings. The summed E-state index contributed by atoms with van der Waals surface area (Å²) in [5.41, 5.74) is 9.50. The van der Waals surface area contributed by atoms with Crippen molar-refractivity contribution < 1.29 is 0 Å². The van der Waals surface area contributed by atoms with Crippen molar-refractivity contribution >= 4 is 44.5 Å². The van der Waals surface area contributed by atoms with Crippen LogP contribution in [0.2, 0.25) is 0 Å². The van der Waals surface area contributed by atoms with Crippen LogP contribution in [-0.4, -0.2) is 17.5 Å². The molecule has 2 N–H and O–H groups in total. The minimum atomic E-state index is 0.707. The summed E-state index contributed by atoms with van der Waals surface area (Å²) in [4.78, 5) is 2.35. The first kappa shape index (κ1) is 16.4. The van der Waals surface area contributed by atoms with E-state index in [2.05, 4.69) is 45.5 Å². The molecule has 0 bridgehead atoms. The number of rotatable bonds is 6. The number of anilines is 2. The van der Waals surface area contributed by atoms with Gasteiger partial charge in [0.2, 0.25) is 0 Å². The summed E-state index contributed by atoms with van der Waals surface area (Å²) in [6, 6.07) is 13.8. The molecular formula is C18H21N5S. The van der Waals surface area contributed by atoms with Crippen molar-refractivity contribution in [1.29, 1.82) is 0 Å². The van der Waals surface area contributed by atoms with Gasteiger partial charge in [0, 0.05) is 29.9 Å². The topological polar surface area (TPSA) is 66.9 Å². The van der Waals surface area contributed by atoms with Gasteiger partial charge in [0.25, 0.3) is 0 Å². The SMILES string of the molecule is CCCN(CC)c1ccc(N=Nc2snc3ccc(N)cc23)cc1. The van der Waals surface area contributed by atoms with Gasteiger partial charge >= 0.3 is 0 Å². The second-order valence-electron chi connectivity index (χ2n) is 5.56. The maximum absolute atomic E-state index is 5.84. The Labute approximate surface area is 146 Å². The smallest absolute Gasteiger partial charge is 0.166 e. The molecule has 0 unspecified atom stereocenters. The minimum absolute atomic E-state index is 0.707. The lowest BCUT2D eigenvalue weighted by Crippen LogP contribution is -2.23. The molecule has 3 aromatic rings. The number of azo groups is 1. The minimum Gasteiger partial charge on any atom is -0.399 e. The summed E-state index contributed by atoms with van der Waals surface area (Å²) in [5.74, 6) is 0. The third-order valence-corrected chi connectivity index (χ3v) is 4.59. The standard InChI is InChI=1S/C18H21N5S/c1-3-11-23(4-2)15-8-6-14(7-9-15)20-21-18-16-12-13(19)5-10-17(16)22-24-18/h5-10,12H,3-4,11,19H2,1-2H3. The fraction of sp³-hybridized carbons (Fsp3) is 0.278. The van der Waals surface area contributed by atoms with Crippen molar-refractivity contribution in [3.05, 3.63) is 42.5 Å². The number of nitrogens with two attached hydrogens (primary N) is 1. The molecule has 1 heterocycles. The van der Waals surface area contributed by atoms with Gasteiger partial charge in [-0.1, -0.05) is 6.92 Å². The fourth-order valence-corrected chi connectivity index (χ4v) is 3.27. The van der Waals surface area contributed by atoms with E-state index in [4.69, 9.17) is 5.73 Å². The molecule has 6 heteroatoms. The molecule has 0 spiro atoms. The predicted octanol–water partition coefficient (Wildman–Crippen LogP) is 5.53. The molecule has 0 saturated carbocycles. The van der Waals surface area contributed by atoms with Crippen LogP contribution in [0.15, 0.2) is 52.7 Å². The zero-order valence-electron chi connectivity index (χ0n) is 13.9. The summed E-state index contributed by atoms with van der Waals surface area (Å²) in [7, 11) is 0. The zero-order chi connectivity index (χ0) is 16.9. The molecule has 5 nitrogen and oxygen atoms in total. The van der Waals surface area contributed by atoms with Crippen molar-refractivity contribution in [3.63, 3.8) is 0 Å². The number of benzene rings is 2. The van der Waals surface area contributed by atoms with Crippen LogP contribution in [0.1, 0.15) is 20.3 Å². The Morgan fingerprint density at radius 1 is 1.08 bits per heavy atom. The van der Waals surface area contributed by atoms with Gasteiger partial charge in [-0.3, -0.25) is 0 Å². The number of hydrogen-bond acceptors (Lipinski definition) is 6. The highest BCUT2D eigenvalue weighted by atomic mass is 32.1. The quantitative estimate of drug-likeness (QED) is 0.474. The molecule has 0 radical (unpaired) electrons. The van der Waals surface area contributed by atoms with E-state index < -0.39 is 0 Å². The van der Waals surface area contributed by atoms with Gasteiger partial charge in [0.05, 0.1) is 11.2 Å². The highest BCUT2D eigenvalue weighted by Gasteiger charge is 2.06. The van der Waals surface area contributed by atoms with Crippen LogP contribution in [0.4, 0.5) is 22.1 Å². The largest absolute Gasteiger partial charge is 0.399 e. The second kappa shape index (κ2) is 7.40. The third kappa shape index (κ3) is 3.54. The zero-order valence-corrected chi connectivity index (χ0v) is 14.8. The number of aromatic nitrogens is 1. The Morgan fingerprint density at radius 3 is 2.58 bits per heavy atom. The van der Waals surface area contributed by atoms with Crippen LogP contribution in [0.5, 0.6) is 0 Å². The molecule has 0 atom stereocenters. The Hall–Kier alpha value is -2.47. The molecular weight excluding hydrogens is 318 g/mol. The summed E-state index contributed by atoms with van der Waals surface area (Å²) in [5, 5.41) is 10.4. The molecule has 0 saturated heterocycles. The fourth-order valence-electron chi connectivity index (χ4n) is 2.59. The lowest BCUT2D eigenvalue weighted by Gasteiger charge is -2.22. The maximum atomic E-state index is 5.84. The van der Waals surface area contributed by atoms with Crippen molar-refractivity contribution in [3.8, 4) is 0 Å². The van der Waals surface area contributed by atoms with E-state index in [0.29, 0.717) is 5.69 Å². The summed E-state index contributed by atoms with van der Waals surface area (Å²) in [6.45, 7) is 6.43. The van der Waals surface area contributed by atoms with E-state index in [9.17, 15) is 0 Å². The first-order valence-electron chi connectivity index (χ1n) is 8.13. The van der Waals surface area contributed by atoms with Crippen LogP contribution in [-0.2, 0) is 0 Å². The summed E-state index contributed by atoms with van der Waals surface area (Å²) >= 11 is 1.33.